The number of nitrogens with two attached hydrogens (primary N) is 1. The third kappa shape index (κ3) is 25.0. The molecule has 1 aliphatic heterocycles. The minimum absolute atomic E-state index is 0.0107. The van der Waals surface area contributed by atoms with Gasteiger partial charge in [0.1, 0.15) is 54.4 Å². The zero-order chi connectivity index (χ0) is 70.1. The van der Waals surface area contributed by atoms with Crippen LogP contribution in [0.15, 0.2) is 0 Å². The highest BCUT2D eigenvalue weighted by Gasteiger charge is 2.46. The molecule has 0 aromatic rings. The largest absolute Gasteiger partial charge is 0.396 e. The van der Waals surface area contributed by atoms with E-state index in [0.717, 1.165) is 50.6 Å². The molecule has 12 atom stereocenters. The van der Waals surface area contributed by atoms with E-state index in [1.807, 2.05) is 41.5 Å². The lowest BCUT2D eigenvalue weighted by atomic mass is 9.90. The Bertz CT molecular complexity index is 2380. The van der Waals surface area contributed by atoms with Gasteiger partial charge >= 0.3 is 6.03 Å². The molecule has 524 valence electrons. The number of unbranched alkanes of at least 4 members (excludes halogenated alkanes) is 6. The molecule has 2 unspecified atom stereocenters. The number of imide groups is 1. The van der Waals surface area contributed by atoms with E-state index in [1.165, 1.54) is 77.9 Å². The first-order valence-electron chi connectivity index (χ1n) is 33.1. The number of amides is 12. The van der Waals surface area contributed by atoms with Crippen LogP contribution in [0.1, 0.15) is 180 Å². The molecule has 1 rings (SSSR count). The fraction of sp³-hybridized carbons (Fsp3) is 0.831. The van der Waals surface area contributed by atoms with E-state index in [-0.39, 0.29) is 50.0 Å². The van der Waals surface area contributed by atoms with Crippen molar-refractivity contribution in [1.82, 2.24) is 55.6 Å². The van der Waals surface area contributed by atoms with Crippen molar-refractivity contribution in [3.8, 4) is 0 Å². The highest BCUT2D eigenvalue weighted by Crippen LogP contribution is 2.27. The van der Waals surface area contributed by atoms with Gasteiger partial charge in [0, 0.05) is 55.9 Å². The fourth-order valence-corrected chi connectivity index (χ4v) is 12.6. The summed E-state index contributed by atoms with van der Waals surface area (Å²) < 4.78 is 0. The maximum absolute atomic E-state index is 15.2. The van der Waals surface area contributed by atoms with Gasteiger partial charge in [-0.1, -0.05) is 115 Å². The topological polar surface area (TPSA) is 325 Å². The summed E-state index contributed by atoms with van der Waals surface area (Å²) >= 11 is 1.16. The zero-order valence-electron chi connectivity index (χ0n) is 59.1. The van der Waals surface area contributed by atoms with E-state index < -0.39 is 149 Å². The van der Waals surface area contributed by atoms with Crippen molar-refractivity contribution in [2.24, 2.45) is 41.2 Å². The second kappa shape index (κ2) is 40.5. The number of likely N-dealkylation sites (N-methyl/N-ethyl adjacent to an activating group) is 7. The number of thioether (sulfide) groups is 1. The number of hydrogen-bond acceptors (Lipinski definition) is 15. The SMILES string of the molecule is CC[C@@H]1NC(=O)C([C@H](O)[C@H](C)CCCCCCN)N(C)C(=O)[C@H](C(C)C)N(C)C(=O)N(C)C(=O)C(CC(C)C)N(C)C(=O)[C@H](C)NC(=O)[C@@H](C)NC(=O)[C@@H](CC(C)C)N(C)C(=O)[C@@H](C(C)C)NC(=O)[C@H](CC(C)C)N(C)C(=O)[C@@H](SCCCCCCO)N(C)C1=O. The molecule has 0 aromatic heterocycles. The van der Waals surface area contributed by atoms with Gasteiger partial charge in [-0.3, -0.25) is 52.8 Å². The lowest BCUT2D eigenvalue weighted by molar-refractivity contribution is -0.151. The smallest absolute Gasteiger partial charge is 0.326 e. The Morgan fingerprint density at radius 1 is 0.473 bits per heavy atom. The van der Waals surface area contributed by atoms with Crippen LogP contribution in [-0.2, 0) is 47.9 Å². The maximum Gasteiger partial charge on any atom is 0.326 e. The molecule has 1 heterocycles. The molecule has 12 amide bonds. The summed E-state index contributed by atoms with van der Waals surface area (Å²) in [7, 11) is 9.57. The van der Waals surface area contributed by atoms with Crippen LogP contribution in [0.3, 0.4) is 0 Å². The van der Waals surface area contributed by atoms with E-state index >= 15 is 19.2 Å². The molecular formula is C65H120N12O13S. The van der Waals surface area contributed by atoms with E-state index in [9.17, 15) is 43.8 Å². The van der Waals surface area contributed by atoms with Crippen molar-refractivity contribution in [2.45, 2.75) is 246 Å². The molecule has 0 spiro atoms. The number of urea groups is 1. The molecule has 26 heteroatoms. The Morgan fingerprint density at radius 3 is 1.46 bits per heavy atom. The lowest BCUT2D eigenvalue weighted by Gasteiger charge is -2.40. The molecule has 0 saturated carbocycles. The fourth-order valence-electron chi connectivity index (χ4n) is 11.3. The Balaban J connectivity index is 4.43. The van der Waals surface area contributed by atoms with Gasteiger partial charge in [0.05, 0.1) is 6.10 Å². The summed E-state index contributed by atoms with van der Waals surface area (Å²) in [6.45, 7) is 24.7. The third-order valence-corrected chi connectivity index (χ3v) is 18.5. The standard InChI is InChI=1S/C65H120N12O13S/c1-22-46-59(85)76(20)64(91-34-30-26-25-29-33-78)63(89)72(16)48(36-39(4)5)56(82)70-50(41(8)9)61(87)71(15)47(35-38(2)3)55(81)67-44(13)54(80)68-45(14)58(84)73(17)49(37-40(6)7)60(86)77(21)65(90)75(19)51(42(10)11)62(88)74(18)52(57(83)69-46)53(79)43(12)31-27-23-24-28-32-66/h38-53,64,78-79H,22-37,66H2,1-21H3,(H,67,81)(H,68,80)(H,69,83)(H,70,82)/t43-,44-,45+,46+,47-,48+,49?,50-,51+,52?,53-,64-/m1/s1. The second-order valence-corrected chi connectivity index (χ2v) is 28.3. The van der Waals surface area contributed by atoms with Crippen molar-refractivity contribution < 1.29 is 63.0 Å². The average molecular weight is 1310 g/mol. The first kappa shape index (κ1) is 83.4. The quantitative estimate of drug-likeness (QED) is 0.0672. The van der Waals surface area contributed by atoms with Crippen molar-refractivity contribution in [3.05, 3.63) is 0 Å². The number of aliphatic hydroxyl groups is 2. The van der Waals surface area contributed by atoms with Gasteiger partial charge in [-0.25, -0.2) is 4.79 Å². The van der Waals surface area contributed by atoms with Crippen molar-refractivity contribution in [3.63, 3.8) is 0 Å². The average Bonchev–Trinajstić information content (AvgIpc) is 2.49. The van der Waals surface area contributed by atoms with Gasteiger partial charge in [0.2, 0.25) is 47.3 Å². The van der Waals surface area contributed by atoms with Crippen LogP contribution in [0.25, 0.3) is 0 Å². The summed E-state index contributed by atoms with van der Waals surface area (Å²) in [5.41, 5.74) is 5.75. The minimum atomic E-state index is -1.65. The van der Waals surface area contributed by atoms with Gasteiger partial charge < -0.3 is 66.6 Å². The number of nitrogens with zero attached hydrogens (tertiary/aromatic N) is 7. The first-order chi connectivity index (χ1) is 42.4. The summed E-state index contributed by atoms with van der Waals surface area (Å²) in [5.74, 6) is -9.19. The van der Waals surface area contributed by atoms with Crippen LogP contribution in [0, 0.1) is 35.5 Å². The number of carbonyl (C=O) groups is 11. The number of carbonyl (C=O) groups excluding carboxylic acids is 11. The molecule has 1 saturated heterocycles. The van der Waals surface area contributed by atoms with Gasteiger partial charge in [-0.05, 0) is 113 Å². The van der Waals surface area contributed by atoms with Gasteiger partial charge in [-0.2, -0.15) is 0 Å². The number of nitrogens with one attached hydrogen (secondary N) is 4. The van der Waals surface area contributed by atoms with Crippen LogP contribution in [0.4, 0.5) is 4.79 Å². The minimum Gasteiger partial charge on any atom is -0.396 e. The second-order valence-electron chi connectivity index (χ2n) is 27.1. The van der Waals surface area contributed by atoms with Crippen molar-refractivity contribution in [1.29, 1.82) is 0 Å². The highest BCUT2D eigenvalue weighted by molar-refractivity contribution is 8.00. The monoisotopic (exact) mass is 1310 g/mol. The number of aliphatic hydroxyl groups excluding tert-OH is 2. The van der Waals surface area contributed by atoms with E-state index in [0.29, 0.717) is 50.8 Å². The molecule has 8 N–H and O–H groups in total. The summed E-state index contributed by atoms with van der Waals surface area (Å²) in [4.78, 5) is 170. The normalized spacial score (nSPS) is 25.6. The molecule has 0 aromatic carbocycles. The van der Waals surface area contributed by atoms with Crippen LogP contribution in [0.5, 0.6) is 0 Å². The maximum atomic E-state index is 15.2. The molecule has 1 aliphatic rings. The molecule has 1 fully saturated rings. The predicted molar refractivity (Wildman–Crippen MR) is 355 cm³/mol. The Kier molecular flexibility index (Phi) is 37.1. The predicted octanol–water partition coefficient (Wildman–Crippen LogP) is 4.00. The number of hydrogen-bond donors (Lipinski definition) is 7. The molecule has 0 bridgehead atoms. The van der Waals surface area contributed by atoms with Crippen molar-refractivity contribution >= 4 is 76.9 Å². The molecule has 91 heavy (non-hydrogen) atoms. The van der Waals surface area contributed by atoms with E-state index in [2.05, 4.69) is 21.3 Å². The number of rotatable bonds is 24. The summed E-state index contributed by atoms with van der Waals surface area (Å²) in [6.07, 6.45) is 4.96. The van der Waals surface area contributed by atoms with Crippen LogP contribution >= 0.6 is 11.8 Å². The zero-order valence-corrected chi connectivity index (χ0v) is 59.9. The van der Waals surface area contributed by atoms with Crippen LogP contribution in [-0.4, -0.2) is 244 Å². The highest BCUT2D eigenvalue weighted by atomic mass is 32.2. The van der Waals surface area contributed by atoms with E-state index in [4.69, 9.17) is 5.73 Å². The van der Waals surface area contributed by atoms with Gasteiger partial charge in [0.25, 0.3) is 11.8 Å². The van der Waals surface area contributed by atoms with Gasteiger partial charge in [-0.15, -0.1) is 11.8 Å². The molecular weight excluding hydrogens is 1190 g/mol. The van der Waals surface area contributed by atoms with Crippen molar-refractivity contribution in [2.75, 3.05) is 68.2 Å². The molecule has 0 aliphatic carbocycles. The van der Waals surface area contributed by atoms with Crippen LogP contribution < -0.4 is 27.0 Å². The Hall–Kier alpha value is -5.60. The Labute approximate surface area is 548 Å². The summed E-state index contributed by atoms with van der Waals surface area (Å²) in [6, 6.07) is -12.6. The first-order valence-corrected chi connectivity index (χ1v) is 34.1. The third-order valence-electron chi connectivity index (χ3n) is 17.2. The van der Waals surface area contributed by atoms with Gasteiger partial charge in [0.15, 0.2) is 5.37 Å². The van der Waals surface area contributed by atoms with E-state index in [1.54, 1.807) is 41.5 Å². The van der Waals surface area contributed by atoms with Crippen LogP contribution in [0.2, 0.25) is 0 Å². The molecule has 0 radical (unpaired) electrons. The lowest BCUT2D eigenvalue weighted by Crippen LogP contribution is -2.63. The summed E-state index contributed by atoms with van der Waals surface area (Å²) in [5, 5.41) is 31.6. The Morgan fingerprint density at radius 2 is 0.956 bits per heavy atom. The molecule has 25 nitrogen and oxygen atoms in total.